The molecule has 172 valence electrons. The molecule has 0 spiro atoms. The SMILES string of the molecule is C=C1/C=C\C(=O)C2OC(C)(C)OC2C/C=C/c2cc(OC)cc(OCOC)c2C(=O)NC1. The van der Waals surface area contributed by atoms with Gasteiger partial charge in [0.05, 0.1) is 18.8 Å². The van der Waals surface area contributed by atoms with Gasteiger partial charge < -0.3 is 29.0 Å². The maximum absolute atomic E-state index is 13.1. The van der Waals surface area contributed by atoms with Crippen molar-refractivity contribution in [2.45, 2.75) is 38.3 Å². The van der Waals surface area contributed by atoms with Crippen molar-refractivity contribution in [2.24, 2.45) is 0 Å². The highest BCUT2D eigenvalue weighted by molar-refractivity contribution is 6.01. The Kier molecular flexibility index (Phi) is 7.50. The van der Waals surface area contributed by atoms with Crippen LogP contribution in [0.25, 0.3) is 6.08 Å². The number of nitrogens with one attached hydrogen (secondary N) is 1. The van der Waals surface area contributed by atoms with Crippen molar-refractivity contribution in [2.75, 3.05) is 27.6 Å². The molecule has 0 aliphatic carbocycles. The minimum absolute atomic E-state index is 0.0296. The summed E-state index contributed by atoms with van der Waals surface area (Å²) in [5.41, 5.74) is 1.49. The zero-order chi connectivity index (χ0) is 23.3. The summed E-state index contributed by atoms with van der Waals surface area (Å²) >= 11 is 0. The van der Waals surface area contributed by atoms with Crippen molar-refractivity contribution in [1.29, 1.82) is 0 Å². The largest absolute Gasteiger partial charge is 0.497 e. The fourth-order valence-electron chi connectivity index (χ4n) is 3.55. The molecule has 8 nitrogen and oxygen atoms in total. The number of fused-ring (bicyclic) bond motifs is 2. The summed E-state index contributed by atoms with van der Waals surface area (Å²) in [5.74, 6) is -0.592. The third-order valence-corrected chi connectivity index (χ3v) is 4.99. The van der Waals surface area contributed by atoms with E-state index in [1.54, 1.807) is 38.1 Å². The minimum Gasteiger partial charge on any atom is -0.497 e. The number of hydrogen-bond donors (Lipinski definition) is 1. The number of rotatable bonds is 4. The van der Waals surface area contributed by atoms with E-state index in [4.69, 9.17) is 23.7 Å². The monoisotopic (exact) mass is 443 g/mol. The fourth-order valence-corrected chi connectivity index (χ4v) is 3.55. The first kappa shape index (κ1) is 23.7. The van der Waals surface area contributed by atoms with Crippen LogP contribution in [0.2, 0.25) is 0 Å². The second-order valence-electron chi connectivity index (χ2n) is 7.95. The quantitative estimate of drug-likeness (QED) is 0.715. The fraction of sp³-hybridized carbons (Fsp3) is 0.417. The lowest BCUT2D eigenvalue weighted by atomic mass is 10.0. The Hall–Kier alpha value is -2.94. The lowest BCUT2D eigenvalue weighted by Crippen LogP contribution is -2.30. The molecule has 3 rings (SSSR count). The number of hydrogen-bond acceptors (Lipinski definition) is 7. The van der Waals surface area contributed by atoms with Gasteiger partial charge in [0, 0.05) is 19.7 Å². The molecule has 0 bridgehead atoms. The summed E-state index contributed by atoms with van der Waals surface area (Å²) in [6, 6.07) is 3.37. The number of carbonyl (C=O) groups is 2. The van der Waals surface area contributed by atoms with Gasteiger partial charge >= 0.3 is 0 Å². The second-order valence-corrected chi connectivity index (χ2v) is 7.95. The summed E-state index contributed by atoms with van der Waals surface area (Å²) in [6.45, 7) is 7.58. The molecule has 8 heteroatoms. The Bertz CT molecular complexity index is 948. The van der Waals surface area contributed by atoms with Gasteiger partial charge in [-0.1, -0.05) is 24.8 Å². The van der Waals surface area contributed by atoms with E-state index < -0.39 is 18.0 Å². The average molecular weight is 443 g/mol. The van der Waals surface area contributed by atoms with Crippen molar-refractivity contribution in [3.05, 3.63) is 53.6 Å². The molecule has 32 heavy (non-hydrogen) atoms. The van der Waals surface area contributed by atoms with Crippen molar-refractivity contribution < 1.29 is 33.3 Å². The molecule has 1 N–H and O–H groups in total. The lowest BCUT2D eigenvalue weighted by Gasteiger charge is -2.17. The molecule has 1 saturated heterocycles. The van der Waals surface area contributed by atoms with Crippen LogP contribution < -0.4 is 14.8 Å². The van der Waals surface area contributed by atoms with E-state index in [1.807, 2.05) is 6.08 Å². The van der Waals surface area contributed by atoms with E-state index in [0.29, 0.717) is 34.6 Å². The Labute approximate surface area is 187 Å². The zero-order valence-corrected chi connectivity index (χ0v) is 18.8. The Balaban J connectivity index is 2.04. The van der Waals surface area contributed by atoms with E-state index in [-0.39, 0.29) is 25.0 Å². The topological polar surface area (TPSA) is 92.3 Å². The van der Waals surface area contributed by atoms with Gasteiger partial charge in [-0.05, 0) is 43.5 Å². The molecule has 2 aliphatic rings. The van der Waals surface area contributed by atoms with E-state index in [1.165, 1.54) is 20.3 Å². The molecule has 2 aliphatic heterocycles. The van der Waals surface area contributed by atoms with Crippen LogP contribution in [0.15, 0.2) is 42.5 Å². The zero-order valence-electron chi connectivity index (χ0n) is 18.8. The van der Waals surface area contributed by atoms with E-state index in [0.717, 1.165) is 0 Å². The van der Waals surface area contributed by atoms with Crippen molar-refractivity contribution in [3.63, 3.8) is 0 Å². The van der Waals surface area contributed by atoms with E-state index in [9.17, 15) is 9.59 Å². The number of ether oxygens (including phenoxy) is 5. The number of benzene rings is 1. The van der Waals surface area contributed by atoms with Crippen LogP contribution >= 0.6 is 0 Å². The molecular formula is C24H29NO7. The maximum Gasteiger partial charge on any atom is 0.255 e. The van der Waals surface area contributed by atoms with Gasteiger partial charge in [0.2, 0.25) is 0 Å². The molecule has 1 aromatic rings. The van der Waals surface area contributed by atoms with Crippen LogP contribution in [-0.2, 0) is 19.0 Å². The highest BCUT2D eigenvalue weighted by atomic mass is 16.8. The van der Waals surface area contributed by atoms with Gasteiger partial charge in [0.15, 0.2) is 18.4 Å². The third-order valence-electron chi connectivity index (χ3n) is 4.99. The normalized spacial score (nSPS) is 25.2. The molecule has 2 unspecified atom stereocenters. The van der Waals surface area contributed by atoms with Gasteiger partial charge in [-0.2, -0.15) is 0 Å². The van der Waals surface area contributed by atoms with Crippen molar-refractivity contribution >= 4 is 17.8 Å². The average Bonchev–Trinajstić information content (AvgIpc) is 3.07. The summed E-state index contributed by atoms with van der Waals surface area (Å²) < 4.78 is 27.8. The van der Waals surface area contributed by atoms with E-state index in [2.05, 4.69) is 11.9 Å². The summed E-state index contributed by atoms with van der Waals surface area (Å²) in [4.78, 5) is 25.8. The highest BCUT2D eigenvalue weighted by Crippen LogP contribution is 2.33. The molecule has 1 amide bonds. The van der Waals surface area contributed by atoms with Gasteiger partial charge in [-0.3, -0.25) is 9.59 Å². The number of ketones is 1. The molecule has 0 saturated carbocycles. The molecule has 2 heterocycles. The van der Waals surface area contributed by atoms with Crippen LogP contribution in [-0.4, -0.2) is 57.2 Å². The first-order chi connectivity index (χ1) is 15.2. The predicted molar refractivity (Wildman–Crippen MR) is 119 cm³/mol. The van der Waals surface area contributed by atoms with Gasteiger partial charge in [0.1, 0.15) is 17.6 Å². The molecular weight excluding hydrogens is 414 g/mol. The predicted octanol–water partition coefficient (Wildman–Crippen LogP) is 3.03. The van der Waals surface area contributed by atoms with Crippen LogP contribution in [0.4, 0.5) is 0 Å². The Morgan fingerprint density at radius 1 is 1.16 bits per heavy atom. The van der Waals surface area contributed by atoms with Gasteiger partial charge in [-0.15, -0.1) is 0 Å². The van der Waals surface area contributed by atoms with Crippen molar-refractivity contribution in [1.82, 2.24) is 5.32 Å². The van der Waals surface area contributed by atoms with Crippen LogP contribution in [0, 0.1) is 0 Å². The molecule has 1 fully saturated rings. The van der Waals surface area contributed by atoms with Gasteiger partial charge in [0.25, 0.3) is 5.91 Å². The number of methoxy groups -OCH3 is 2. The van der Waals surface area contributed by atoms with Crippen LogP contribution in [0.3, 0.4) is 0 Å². The van der Waals surface area contributed by atoms with Crippen LogP contribution in [0.5, 0.6) is 11.5 Å². The first-order valence-electron chi connectivity index (χ1n) is 10.3. The molecule has 2 atom stereocenters. The first-order valence-corrected chi connectivity index (χ1v) is 10.3. The van der Waals surface area contributed by atoms with Crippen molar-refractivity contribution in [3.8, 4) is 11.5 Å². The van der Waals surface area contributed by atoms with Gasteiger partial charge in [-0.25, -0.2) is 0 Å². The summed E-state index contributed by atoms with van der Waals surface area (Å²) in [7, 11) is 3.03. The standard InChI is InChI=1S/C24H29NO7/c1-15-9-10-18(26)22-19(31-24(2,3)32-22)8-6-7-16-11-17(29-5)12-20(30-14-28-4)21(16)23(27)25-13-15/h6-7,9-12,19,22H,1,8,13-14H2,2-5H3,(H,25,27)/b7-6+,10-9-. The summed E-state index contributed by atoms with van der Waals surface area (Å²) in [5, 5.41) is 2.82. The van der Waals surface area contributed by atoms with E-state index >= 15 is 0 Å². The second kappa shape index (κ2) is 10.1. The Morgan fingerprint density at radius 3 is 2.66 bits per heavy atom. The Morgan fingerprint density at radius 2 is 1.94 bits per heavy atom. The minimum atomic E-state index is -0.878. The molecule has 0 radical (unpaired) electrons. The number of amides is 1. The number of carbonyl (C=O) groups excluding carboxylic acids is 2. The molecule has 1 aromatic carbocycles. The van der Waals surface area contributed by atoms with Crippen LogP contribution in [0.1, 0.15) is 36.2 Å². The smallest absolute Gasteiger partial charge is 0.255 e. The highest BCUT2D eigenvalue weighted by Gasteiger charge is 2.43. The lowest BCUT2D eigenvalue weighted by molar-refractivity contribution is -0.152. The maximum atomic E-state index is 13.1. The third kappa shape index (κ3) is 5.64. The summed E-state index contributed by atoms with van der Waals surface area (Å²) in [6.07, 6.45) is 5.81. The molecule has 0 aromatic heterocycles.